The average Bonchev–Trinajstić information content (AvgIpc) is 2.90. The molecule has 87 valence electrons. The monoisotopic (exact) mass is 245 g/mol. The van der Waals surface area contributed by atoms with Crippen LogP contribution in [0.5, 0.6) is 0 Å². The number of piperazine rings is 1. The molecule has 4 nitrogen and oxygen atoms in total. The Labute approximate surface area is 104 Å². The van der Waals surface area contributed by atoms with Gasteiger partial charge in [-0.3, -0.25) is 0 Å². The molecule has 1 aliphatic rings. The highest BCUT2D eigenvalue weighted by Crippen LogP contribution is 2.30. The van der Waals surface area contributed by atoms with Crippen LogP contribution in [0.1, 0.15) is 11.7 Å². The van der Waals surface area contributed by atoms with Gasteiger partial charge in [-0.25, -0.2) is 5.32 Å². The van der Waals surface area contributed by atoms with Crippen LogP contribution in [0.2, 0.25) is 0 Å². The predicted molar refractivity (Wildman–Crippen MR) is 68.0 cm³/mol. The molecular weight excluding hydrogens is 232 g/mol. The molecule has 17 heavy (non-hydrogen) atoms. The Morgan fingerprint density at radius 1 is 1.24 bits per heavy atom. The van der Waals surface area contributed by atoms with Crippen molar-refractivity contribution < 1.29 is 0 Å². The first-order valence-electron chi connectivity index (χ1n) is 5.70. The van der Waals surface area contributed by atoms with E-state index in [0.717, 1.165) is 30.2 Å². The van der Waals surface area contributed by atoms with Crippen LogP contribution < -0.4 is 10.6 Å². The topological polar surface area (TPSA) is 51.9 Å². The van der Waals surface area contributed by atoms with Gasteiger partial charge in [0.05, 0.1) is 10.9 Å². The molecule has 0 spiro atoms. The second kappa shape index (κ2) is 4.91. The van der Waals surface area contributed by atoms with Gasteiger partial charge < -0.3 is 5.32 Å². The summed E-state index contributed by atoms with van der Waals surface area (Å²) in [5, 5.41) is 12.2. The van der Waals surface area contributed by atoms with Gasteiger partial charge in [0.1, 0.15) is 5.69 Å². The van der Waals surface area contributed by atoms with Crippen LogP contribution in [0.25, 0.3) is 10.4 Å². The summed E-state index contributed by atoms with van der Waals surface area (Å²) in [7, 11) is 0. The minimum absolute atomic E-state index is 0.151. The molecule has 0 bridgehead atoms. The third-order valence-corrected chi connectivity index (χ3v) is 3.63. The Balaban J connectivity index is 1.93. The van der Waals surface area contributed by atoms with Crippen LogP contribution >= 0.6 is 11.5 Å². The second-order valence-corrected chi connectivity index (χ2v) is 4.73. The molecular formula is C12H13N4S. The number of rotatable bonds is 2. The summed E-state index contributed by atoms with van der Waals surface area (Å²) >= 11 is 1.45. The van der Waals surface area contributed by atoms with Crippen LogP contribution in [0, 0.1) is 0 Å². The summed E-state index contributed by atoms with van der Waals surface area (Å²) in [5.74, 6) is 0. The molecule has 1 aliphatic heterocycles. The fourth-order valence-electron chi connectivity index (χ4n) is 1.99. The van der Waals surface area contributed by atoms with E-state index in [1.54, 1.807) is 0 Å². The molecule has 1 saturated heterocycles. The summed E-state index contributed by atoms with van der Waals surface area (Å²) in [6.45, 7) is 2.69. The molecule has 2 aromatic rings. The first-order valence-corrected chi connectivity index (χ1v) is 6.47. The third-order valence-electron chi connectivity index (χ3n) is 2.84. The van der Waals surface area contributed by atoms with E-state index in [2.05, 4.69) is 32.4 Å². The van der Waals surface area contributed by atoms with Crippen LogP contribution in [0.4, 0.5) is 0 Å². The molecule has 0 saturated carbocycles. The Morgan fingerprint density at radius 2 is 2.12 bits per heavy atom. The van der Waals surface area contributed by atoms with Gasteiger partial charge in [-0.2, -0.15) is 0 Å². The number of benzene rings is 1. The molecule has 0 amide bonds. The number of nitrogens with one attached hydrogen (secondary N) is 1. The van der Waals surface area contributed by atoms with E-state index in [1.807, 2.05) is 18.2 Å². The van der Waals surface area contributed by atoms with Crippen LogP contribution in [0.15, 0.2) is 30.3 Å². The van der Waals surface area contributed by atoms with E-state index in [9.17, 15) is 0 Å². The van der Waals surface area contributed by atoms with Crippen LogP contribution in [-0.2, 0) is 0 Å². The van der Waals surface area contributed by atoms with Gasteiger partial charge in [0, 0.05) is 19.6 Å². The van der Waals surface area contributed by atoms with Crippen molar-refractivity contribution in [3.63, 3.8) is 0 Å². The van der Waals surface area contributed by atoms with Gasteiger partial charge >= 0.3 is 0 Å². The molecule has 2 heterocycles. The highest BCUT2D eigenvalue weighted by molar-refractivity contribution is 7.09. The van der Waals surface area contributed by atoms with E-state index in [1.165, 1.54) is 17.1 Å². The maximum absolute atomic E-state index is 4.60. The maximum Gasteiger partial charge on any atom is 0.103 e. The lowest BCUT2D eigenvalue weighted by molar-refractivity contribution is 0.415. The zero-order valence-electron chi connectivity index (χ0n) is 9.34. The van der Waals surface area contributed by atoms with Gasteiger partial charge in [0.2, 0.25) is 0 Å². The Morgan fingerprint density at radius 3 is 2.88 bits per heavy atom. The predicted octanol–water partition coefficient (Wildman–Crippen LogP) is 1.45. The van der Waals surface area contributed by atoms with Crippen molar-refractivity contribution in [3.05, 3.63) is 36.0 Å². The molecule has 1 unspecified atom stereocenters. The van der Waals surface area contributed by atoms with Crippen molar-refractivity contribution in [1.29, 1.82) is 0 Å². The highest BCUT2D eigenvalue weighted by atomic mass is 32.1. The van der Waals surface area contributed by atoms with Crippen molar-refractivity contribution in [2.24, 2.45) is 0 Å². The Bertz CT molecular complexity index is 476. The van der Waals surface area contributed by atoms with E-state index < -0.39 is 0 Å². The summed E-state index contributed by atoms with van der Waals surface area (Å²) in [6, 6.07) is 10.4. The highest BCUT2D eigenvalue weighted by Gasteiger charge is 2.22. The first-order chi connectivity index (χ1) is 8.45. The lowest BCUT2D eigenvalue weighted by Gasteiger charge is -2.21. The molecule has 5 heteroatoms. The SMILES string of the molecule is c1ccc(-c2snnc2C2CNCC[N]2)cc1. The summed E-state index contributed by atoms with van der Waals surface area (Å²) in [6.07, 6.45) is 0. The first kappa shape index (κ1) is 10.8. The van der Waals surface area contributed by atoms with Crippen molar-refractivity contribution in [2.75, 3.05) is 19.6 Å². The summed E-state index contributed by atoms with van der Waals surface area (Å²) < 4.78 is 4.08. The molecule has 1 N–H and O–H groups in total. The summed E-state index contributed by atoms with van der Waals surface area (Å²) in [5.41, 5.74) is 2.19. The molecule has 1 aromatic heterocycles. The minimum atomic E-state index is 0.151. The lowest BCUT2D eigenvalue weighted by atomic mass is 10.1. The van der Waals surface area contributed by atoms with Crippen molar-refractivity contribution in [1.82, 2.24) is 20.2 Å². The van der Waals surface area contributed by atoms with Gasteiger partial charge in [0.25, 0.3) is 0 Å². The van der Waals surface area contributed by atoms with Gasteiger partial charge in [-0.15, -0.1) is 5.10 Å². The minimum Gasteiger partial charge on any atom is -0.313 e. The van der Waals surface area contributed by atoms with Crippen molar-refractivity contribution in [2.45, 2.75) is 6.04 Å². The van der Waals surface area contributed by atoms with Crippen LogP contribution in [0.3, 0.4) is 0 Å². The van der Waals surface area contributed by atoms with Gasteiger partial charge in [-0.05, 0) is 17.1 Å². The number of nitrogens with zero attached hydrogens (tertiary/aromatic N) is 3. The van der Waals surface area contributed by atoms with E-state index >= 15 is 0 Å². The normalized spacial score (nSPS) is 20.4. The third kappa shape index (κ3) is 2.22. The van der Waals surface area contributed by atoms with E-state index in [-0.39, 0.29) is 6.04 Å². The van der Waals surface area contributed by atoms with Crippen molar-refractivity contribution in [3.8, 4) is 10.4 Å². The lowest BCUT2D eigenvalue weighted by Crippen LogP contribution is -2.38. The van der Waals surface area contributed by atoms with Crippen molar-refractivity contribution >= 4 is 11.5 Å². The molecule has 3 rings (SSSR count). The zero-order chi connectivity index (χ0) is 11.5. The number of aromatic nitrogens is 2. The quantitative estimate of drug-likeness (QED) is 0.871. The van der Waals surface area contributed by atoms with Gasteiger partial charge in [0.15, 0.2) is 0 Å². The number of hydrogen-bond donors (Lipinski definition) is 1. The zero-order valence-corrected chi connectivity index (χ0v) is 10.2. The molecule has 1 fully saturated rings. The Hall–Kier alpha value is -1.30. The smallest absolute Gasteiger partial charge is 0.103 e. The standard InChI is InChI=1S/C12H13N4S/c1-2-4-9(5-3-1)12-11(15-16-17-12)10-8-13-6-7-14-10/h1-5,10,13H,6-8H2. The molecule has 1 atom stereocenters. The maximum atomic E-state index is 4.60. The van der Waals surface area contributed by atoms with E-state index in [4.69, 9.17) is 0 Å². The van der Waals surface area contributed by atoms with Crippen LogP contribution in [-0.4, -0.2) is 29.2 Å². The molecule has 1 radical (unpaired) electrons. The summed E-state index contributed by atoms with van der Waals surface area (Å²) in [4.78, 5) is 1.14. The number of hydrogen-bond acceptors (Lipinski definition) is 4. The molecule has 1 aromatic carbocycles. The fourth-order valence-corrected chi connectivity index (χ4v) is 2.71. The largest absolute Gasteiger partial charge is 0.313 e. The molecule has 0 aliphatic carbocycles. The second-order valence-electron chi connectivity index (χ2n) is 3.98. The van der Waals surface area contributed by atoms with Gasteiger partial charge in [-0.1, -0.05) is 34.8 Å². The van der Waals surface area contributed by atoms with E-state index in [0.29, 0.717) is 0 Å². The Kier molecular flexibility index (Phi) is 3.13. The average molecular weight is 245 g/mol. The fraction of sp³-hybridized carbons (Fsp3) is 0.333.